The maximum absolute atomic E-state index is 13.3. The molecule has 0 radical (unpaired) electrons. The molecule has 2 atom stereocenters. The van der Waals surface area contributed by atoms with E-state index >= 15 is 0 Å². The maximum Gasteiger partial charge on any atom is 0.408 e. The second-order valence-electron chi connectivity index (χ2n) is 9.21. The van der Waals surface area contributed by atoms with E-state index in [1.807, 2.05) is 6.92 Å². The normalized spacial score (nSPS) is 12.8. The van der Waals surface area contributed by atoms with Crippen LogP contribution in [0.15, 0.2) is 18.2 Å². The first kappa shape index (κ1) is 29.7. The Morgan fingerprint density at radius 3 is 2.31 bits per heavy atom. The predicted molar refractivity (Wildman–Crippen MR) is 131 cm³/mol. The number of aryl methyl sites for hydroxylation is 1. The molecule has 1 aromatic carbocycles. The average molecular weight is 494 g/mol. The van der Waals surface area contributed by atoms with E-state index in [1.54, 1.807) is 53.7 Å². The highest BCUT2D eigenvalue weighted by molar-refractivity contribution is 5.91. The third-order valence-electron chi connectivity index (χ3n) is 5.13. The number of esters is 1. The van der Waals surface area contributed by atoms with Crippen molar-refractivity contribution in [1.29, 1.82) is 0 Å². The van der Waals surface area contributed by atoms with E-state index in [4.69, 9.17) is 9.47 Å². The van der Waals surface area contributed by atoms with E-state index in [0.29, 0.717) is 17.5 Å². The zero-order chi connectivity index (χ0) is 26.8. The Morgan fingerprint density at radius 1 is 1.11 bits per heavy atom. The number of phenols is 1. The number of amides is 3. The number of nitrogens with one attached hydrogen (secondary N) is 2. The molecule has 3 N–H and O–H groups in total. The van der Waals surface area contributed by atoms with Crippen molar-refractivity contribution >= 4 is 23.9 Å². The van der Waals surface area contributed by atoms with Crippen molar-refractivity contribution in [2.75, 3.05) is 19.7 Å². The number of aromatic hydroxyl groups is 1. The minimum Gasteiger partial charge on any atom is -0.508 e. The Hall–Kier alpha value is -3.30. The fourth-order valence-corrected chi connectivity index (χ4v) is 3.30. The molecule has 10 nitrogen and oxygen atoms in total. The summed E-state index contributed by atoms with van der Waals surface area (Å²) in [6, 6.07) is 3.25. The highest BCUT2D eigenvalue weighted by Gasteiger charge is 2.34. The van der Waals surface area contributed by atoms with Crippen molar-refractivity contribution < 1.29 is 33.8 Å². The molecule has 0 heterocycles. The first-order chi connectivity index (χ1) is 16.3. The molecule has 0 saturated heterocycles. The van der Waals surface area contributed by atoms with Gasteiger partial charge in [0.2, 0.25) is 11.8 Å². The molecule has 0 bridgehead atoms. The van der Waals surface area contributed by atoms with Crippen LogP contribution >= 0.6 is 0 Å². The summed E-state index contributed by atoms with van der Waals surface area (Å²) >= 11 is 0. The summed E-state index contributed by atoms with van der Waals surface area (Å²) in [5.74, 6) is -1.36. The van der Waals surface area contributed by atoms with Gasteiger partial charge < -0.3 is 30.1 Å². The van der Waals surface area contributed by atoms with Crippen molar-refractivity contribution in [3.05, 3.63) is 29.3 Å². The molecule has 0 aliphatic carbocycles. The minimum atomic E-state index is -1.06. The highest BCUT2D eigenvalue weighted by atomic mass is 16.6. The molecule has 10 heteroatoms. The van der Waals surface area contributed by atoms with Crippen molar-refractivity contribution in [1.82, 2.24) is 15.5 Å². The lowest BCUT2D eigenvalue weighted by molar-refractivity contribution is -0.144. The number of carbonyl (C=O) groups excluding carboxylic acids is 4. The molecule has 0 aromatic heterocycles. The SMILES string of the molecule is CCOC(=O)CCNC(=O)C(c1ccc(O)c(C)c1)N(C(=O)CNC(=O)OC(C)(C)C)C(C)CC. The van der Waals surface area contributed by atoms with Crippen LogP contribution < -0.4 is 10.6 Å². The topological polar surface area (TPSA) is 134 Å². The maximum atomic E-state index is 13.3. The minimum absolute atomic E-state index is 0.0155. The number of carbonyl (C=O) groups is 4. The summed E-state index contributed by atoms with van der Waals surface area (Å²) < 4.78 is 10.1. The van der Waals surface area contributed by atoms with Crippen LogP contribution in [0.1, 0.15) is 71.6 Å². The lowest BCUT2D eigenvalue weighted by atomic mass is 9.99. The molecule has 0 spiro atoms. The molecule has 0 fully saturated rings. The molecule has 0 saturated carbocycles. The van der Waals surface area contributed by atoms with Crippen molar-refractivity contribution in [3.8, 4) is 5.75 Å². The molecule has 196 valence electrons. The lowest BCUT2D eigenvalue weighted by Gasteiger charge is -2.36. The fourth-order valence-electron chi connectivity index (χ4n) is 3.30. The van der Waals surface area contributed by atoms with E-state index in [-0.39, 0.29) is 37.9 Å². The van der Waals surface area contributed by atoms with Gasteiger partial charge >= 0.3 is 12.1 Å². The zero-order valence-electron chi connectivity index (χ0n) is 21.8. The van der Waals surface area contributed by atoms with Gasteiger partial charge in [0.15, 0.2) is 0 Å². The third-order valence-corrected chi connectivity index (χ3v) is 5.13. The van der Waals surface area contributed by atoms with Crippen LogP contribution in [-0.2, 0) is 23.9 Å². The molecule has 1 rings (SSSR count). The van der Waals surface area contributed by atoms with Crippen LogP contribution in [0.25, 0.3) is 0 Å². The van der Waals surface area contributed by atoms with Gasteiger partial charge in [-0.2, -0.15) is 0 Å². The first-order valence-corrected chi connectivity index (χ1v) is 11.8. The third kappa shape index (κ3) is 9.84. The van der Waals surface area contributed by atoms with Crippen LogP contribution in [0.2, 0.25) is 0 Å². The largest absolute Gasteiger partial charge is 0.508 e. The van der Waals surface area contributed by atoms with E-state index in [1.165, 1.54) is 11.0 Å². The number of rotatable bonds is 11. The van der Waals surface area contributed by atoms with Crippen LogP contribution in [0.5, 0.6) is 5.75 Å². The molecule has 2 unspecified atom stereocenters. The van der Waals surface area contributed by atoms with Crippen molar-refractivity contribution in [2.45, 2.75) is 79.0 Å². The summed E-state index contributed by atoms with van der Waals surface area (Å²) in [5, 5.41) is 15.1. The Kier molecular flexibility index (Phi) is 11.5. The van der Waals surface area contributed by atoms with Gasteiger partial charge in [-0.3, -0.25) is 14.4 Å². The Balaban J connectivity index is 3.22. The monoisotopic (exact) mass is 493 g/mol. The first-order valence-electron chi connectivity index (χ1n) is 11.8. The van der Waals surface area contributed by atoms with Crippen LogP contribution in [0.4, 0.5) is 4.79 Å². The van der Waals surface area contributed by atoms with E-state index in [9.17, 15) is 24.3 Å². The fraction of sp³-hybridized carbons (Fsp3) is 0.600. The standard InChI is InChI=1S/C25H39N3O7/c1-8-17(4)28(20(30)15-27-24(33)35-25(5,6)7)22(18-10-11-19(29)16(3)14-18)23(32)26-13-12-21(31)34-9-2/h10-11,14,17,22,29H,8-9,12-13,15H2,1-7H3,(H,26,32)(H,27,33). The second kappa shape index (κ2) is 13.6. The summed E-state index contributed by atoms with van der Waals surface area (Å²) in [6.45, 7) is 12.1. The summed E-state index contributed by atoms with van der Waals surface area (Å²) in [6.07, 6.45) is -0.217. The number of hydrogen-bond donors (Lipinski definition) is 3. The Morgan fingerprint density at radius 2 is 1.77 bits per heavy atom. The van der Waals surface area contributed by atoms with E-state index in [0.717, 1.165) is 0 Å². The number of hydrogen-bond acceptors (Lipinski definition) is 7. The Labute approximate surface area is 207 Å². The van der Waals surface area contributed by atoms with E-state index < -0.39 is 35.5 Å². The smallest absolute Gasteiger partial charge is 0.408 e. The van der Waals surface area contributed by atoms with Crippen LogP contribution in [0, 0.1) is 6.92 Å². The molecule has 3 amide bonds. The molecular weight excluding hydrogens is 454 g/mol. The second-order valence-corrected chi connectivity index (χ2v) is 9.21. The summed E-state index contributed by atoms with van der Waals surface area (Å²) in [4.78, 5) is 51.8. The van der Waals surface area contributed by atoms with Crippen LogP contribution in [0.3, 0.4) is 0 Å². The van der Waals surface area contributed by atoms with Gasteiger partial charge in [0.1, 0.15) is 23.9 Å². The number of benzene rings is 1. The molecule has 0 aliphatic rings. The Bertz CT molecular complexity index is 896. The van der Waals surface area contributed by atoms with Crippen molar-refractivity contribution in [2.24, 2.45) is 0 Å². The number of alkyl carbamates (subject to hydrolysis) is 1. The quantitative estimate of drug-likeness (QED) is 0.404. The van der Waals surface area contributed by atoms with Gasteiger partial charge in [0, 0.05) is 12.6 Å². The van der Waals surface area contributed by atoms with Crippen LogP contribution in [-0.4, -0.2) is 65.2 Å². The predicted octanol–water partition coefficient (Wildman–Crippen LogP) is 2.96. The van der Waals surface area contributed by atoms with E-state index in [2.05, 4.69) is 10.6 Å². The zero-order valence-corrected chi connectivity index (χ0v) is 21.8. The lowest BCUT2D eigenvalue weighted by Crippen LogP contribution is -2.51. The molecule has 1 aromatic rings. The number of phenolic OH excluding ortho intramolecular Hbond substituents is 1. The number of nitrogens with zero attached hydrogens (tertiary/aromatic N) is 1. The van der Waals surface area contributed by atoms with Gasteiger partial charge in [-0.05, 0) is 71.2 Å². The van der Waals surface area contributed by atoms with Crippen molar-refractivity contribution in [3.63, 3.8) is 0 Å². The van der Waals surface area contributed by atoms with Gasteiger partial charge in [-0.25, -0.2) is 4.79 Å². The molecular formula is C25H39N3O7. The average Bonchev–Trinajstić information content (AvgIpc) is 2.76. The van der Waals surface area contributed by atoms with Gasteiger partial charge in [-0.15, -0.1) is 0 Å². The van der Waals surface area contributed by atoms with Gasteiger partial charge in [0.05, 0.1) is 13.0 Å². The molecule has 0 aliphatic heterocycles. The van der Waals surface area contributed by atoms with Gasteiger partial charge in [0.25, 0.3) is 0 Å². The van der Waals surface area contributed by atoms with Gasteiger partial charge in [-0.1, -0.05) is 13.0 Å². The summed E-state index contributed by atoms with van der Waals surface area (Å²) in [7, 11) is 0. The summed E-state index contributed by atoms with van der Waals surface area (Å²) in [5.41, 5.74) is 0.296. The molecule has 35 heavy (non-hydrogen) atoms. The highest BCUT2D eigenvalue weighted by Crippen LogP contribution is 2.28. The number of ether oxygens (including phenoxy) is 2.